The Morgan fingerprint density at radius 3 is 1.69 bits per heavy atom. The van der Waals surface area contributed by atoms with E-state index < -0.39 is 0 Å². The maximum Gasteiger partial charge on any atom is 0.167 e. The fourth-order valence-corrected chi connectivity index (χ4v) is 8.52. The average Bonchev–Trinajstić information content (AvgIpc) is 3.89. The highest BCUT2D eigenvalue weighted by atomic mass is 32.1. The molecular formula is C45H25N3O2S. The fraction of sp³-hybridized carbons (Fsp3) is 0. The summed E-state index contributed by atoms with van der Waals surface area (Å²) in [6, 6.07) is 52.0. The topological polar surface area (TPSA) is 65.0 Å². The molecule has 4 aromatic heterocycles. The summed E-state index contributed by atoms with van der Waals surface area (Å²) in [5, 5.41) is 6.69. The second kappa shape index (κ2) is 10.9. The van der Waals surface area contributed by atoms with Crippen LogP contribution in [0.1, 0.15) is 0 Å². The Balaban J connectivity index is 1.13. The van der Waals surface area contributed by atoms with Gasteiger partial charge in [-0.1, -0.05) is 127 Å². The lowest BCUT2D eigenvalue weighted by Crippen LogP contribution is -2.00. The second-order valence-electron chi connectivity index (χ2n) is 12.7. The lowest BCUT2D eigenvalue weighted by molar-refractivity contribution is 0.665. The number of furan rings is 2. The zero-order chi connectivity index (χ0) is 33.5. The van der Waals surface area contributed by atoms with Crippen LogP contribution in [0, 0.1) is 0 Å². The number of benzene rings is 7. The summed E-state index contributed by atoms with van der Waals surface area (Å²) in [7, 11) is 0. The van der Waals surface area contributed by atoms with Crippen LogP contribution in [0.3, 0.4) is 0 Å². The van der Waals surface area contributed by atoms with E-state index in [9.17, 15) is 0 Å². The highest BCUT2D eigenvalue weighted by molar-refractivity contribution is 7.25. The highest BCUT2D eigenvalue weighted by Gasteiger charge is 2.21. The predicted octanol–water partition coefficient (Wildman–Crippen LogP) is 12.7. The van der Waals surface area contributed by atoms with Crippen molar-refractivity contribution in [2.45, 2.75) is 0 Å². The van der Waals surface area contributed by atoms with Gasteiger partial charge in [0.15, 0.2) is 17.5 Å². The maximum atomic E-state index is 6.89. The first-order chi connectivity index (χ1) is 25.3. The Kier molecular flexibility index (Phi) is 6.05. The first kappa shape index (κ1) is 28.2. The van der Waals surface area contributed by atoms with Crippen LogP contribution in [-0.4, -0.2) is 15.0 Å². The summed E-state index contributed by atoms with van der Waals surface area (Å²) in [5.41, 5.74) is 7.85. The van der Waals surface area contributed by atoms with Gasteiger partial charge in [0.1, 0.15) is 22.3 Å². The van der Waals surface area contributed by atoms with Gasteiger partial charge >= 0.3 is 0 Å². The van der Waals surface area contributed by atoms with Gasteiger partial charge in [0.2, 0.25) is 0 Å². The Morgan fingerprint density at radius 1 is 0.353 bits per heavy atom. The van der Waals surface area contributed by atoms with Crippen molar-refractivity contribution in [2.75, 3.05) is 0 Å². The van der Waals surface area contributed by atoms with Crippen molar-refractivity contribution in [1.29, 1.82) is 0 Å². The van der Waals surface area contributed by atoms with E-state index in [4.69, 9.17) is 23.8 Å². The molecule has 0 spiro atoms. The molecule has 0 saturated carbocycles. The van der Waals surface area contributed by atoms with E-state index >= 15 is 0 Å². The SMILES string of the molecule is c1ccc(-c2nc(-c3ccc4c(c3)sc3ccccc34)nc(-c3cccc4c3oc3c(-c5cccc6c5oc5ccccc56)cccc34)n2)cc1. The van der Waals surface area contributed by atoms with Crippen LogP contribution in [0.25, 0.3) is 109 Å². The van der Waals surface area contributed by atoms with Crippen molar-refractivity contribution < 1.29 is 8.83 Å². The summed E-state index contributed by atoms with van der Waals surface area (Å²) in [6.07, 6.45) is 0. The molecule has 0 aliphatic heterocycles. The van der Waals surface area contributed by atoms with Gasteiger partial charge in [0.05, 0.1) is 5.56 Å². The number of aromatic nitrogens is 3. The van der Waals surface area contributed by atoms with Crippen molar-refractivity contribution in [3.63, 3.8) is 0 Å². The predicted molar refractivity (Wildman–Crippen MR) is 209 cm³/mol. The van der Waals surface area contributed by atoms with E-state index in [2.05, 4.69) is 91.0 Å². The number of para-hydroxylation sites is 4. The van der Waals surface area contributed by atoms with E-state index in [1.54, 1.807) is 11.3 Å². The van der Waals surface area contributed by atoms with Gasteiger partial charge in [0.25, 0.3) is 0 Å². The highest BCUT2D eigenvalue weighted by Crippen LogP contribution is 2.43. The average molecular weight is 672 g/mol. The van der Waals surface area contributed by atoms with Crippen LogP contribution < -0.4 is 0 Å². The number of fused-ring (bicyclic) bond motifs is 9. The van der Waals surface area contributed by atoms with Crippen molar-refractivity contribution in [1.82, 2.24) is 15.0 Å². The van der Waals surface area contributed by atoms with E-state index in [0.29, 0.717) is 17.5 Å². The molecule has 6 heteroatoms. The Hall–Kier alpha value is -6.63. The molecule has 0 atom stereocenters. The lowest BCUT2D eigenvalue weighted by Gasteiger charge is -2.09. The van der Waals surface area contributed by atoms with E-state index in [0.717, 1.165) is 71.7 Å². The molecular weight excluding hydrogens is 647 g/mol. The monoisotopic (exact) mass is 671 g/mol. The molecule has 11 aromatic rings. The Bertz CT molecular complexity index is 3160. The van der Waals surface area contributed by atoms with Gasteiger partial charge in [-0.25, -0.2) is 15.0 Å². The molecule has 0 N–H and O–H groups in total. The molecule has 0 amide bonds. The summed E-state index contributed by atoms with van der Waals surface area (Å²) < 4.78 is 15.8. The van der Waals surface area contributed by atoms with Crippen LogP contribution in [0.15, 0.2) is 160 Å². The normalized spacial score (nSPS) is 11.9. The third kappa shape index (κ3) is 4.37. The first-order valence-corrected chi connectivity index (χ1v) is 17.7. The number of hydrogen-bond donors (Lipinski definition) is 0. The van der Waals surface area contributed by atoms with E-state index in [-0.39, 0.29) is 0 Å². The van der Waals surface area contributed by atoms with Gasteiger partial charge in [-0.15, -0.1) is 11.3 Å². The van der Waals surface area contributed by atoms with E-state index in [1.807, 2.05) is 60.7 Å². The van der Waals surface area contributed by atoms with Crippen molar-refractivity contribution >= 4 is 75.4 Å². The first-order valence-electron chi connectivity index (χ1n) is 16.9. The molecule has 4 heterocycles. The quantitative estimate of drug-likeness (QED) is 0.186. The lowest BCUT2D eigenvalue weighted by atomic mass is 9.99. The molecule has 238 valence electrons. The minimum atomic E-state index is 0.556. The summed E-state index contributed by atoms with van der Waals surface area (Å²) in [5.74, 6) is 1.78. The van der Waals surface area contributed by atoms with Gasteiger partial charge in [-0.3, -0.25) is 0 Å². The molecule has 0 fully saturated rings. The molecule has 0 bridgehead atoms. The Labute approximate surface area is 295 Å². The third-order valence-electron chi connectivity index (χ3n) is 9.76. The molecule has 7 aromatic carbocycles. The number of hydrogen-bond acceptors (Lipinski definition) is 6. The standard InChI is InChI=1S/C45H25N3O2S/c1-2-11-26(12-3-1)43-46-44(27-23-24-30-29-14-5-7-22-38(29)51-39(30)25-27)48-45(47-43)36-20-10-19-35-34-18-9-17-33(41(34)50-42(35)36)32-16-8-15-31-28-13-4-6-21-37(28)49-40(31)32/h1-25H. The smallest absolute Gasteiger partial charge is 0.167 e. The molecule has 5 nitrogen and oxygen atoms in total. The van der Waals surface area contributed by atoms with Crippen molar-refractivity contribution in [2.24, 2.45) is 0 Å². The zero-order valence-corrected chi connectivity index (χ0v) is 27.8. The molecule has 11 rings (SSSR count). The van der Waals surface area contributed by atoms with Crippen LogP contribution in [0.5, 0.6) is 0 Å². The second-order valence-corrected chi connectivity index (χ2v) is 13.8. The molecule has 0 unspecified atom stereocenters. The number of nitrogens with zero attached hydrogens (tertiary/aromatic N) is 3. The van der Waals surface area contributed by atoms with Crippen LogP contribution in [-0.2, 0) is 0 Å². The van der Waals surface area contributed by atoms with Crippen LogP contribution >= 0.6 is 11.3 Å². The summed E-state index contributed by atoms with van der Waals surface area (Å²) in [6.45, 7) is 0. The minimum absolute atomic E-state index is 0.556. The molecule has 51 heavy (non-hydrogen) atoms. The third-order valence-corrected chi connectivity index (χ3v) is 10.9. The van der Waals surface area contributed by atoms with Gasteiger partial charge in [0, 0.05) is 64.0 Å². The molecule has 0 aliphatic rings. The fourth-order valence-electron chi connectivity index (χ4n) is 7.37. The summed E-state index contributed by atoms with van der Waals surface area (Å²) in [4.78, 5) is 15.2. The van der Waals surface area contributed by atoms with Crippen molar-refractivity contribution in [3.8, 4) is 45.3 Å². The molecule has 0 aliphatic carbocycles. The minimum Gasteiger partial charge on any atom is -0.455 e. The van der Waals surface area contributed by atoms with Gasteiger partial charge in [-0.05, 0) is 24.3 Å². The van der Waals surface area contributed by atoms with Gasteiger partial charge in [-0.2, -0.15) is 0 Å². The van der Waals surface area contributed by atoms with Gasteiger partial charge < -0.3 is 8.83 Å². The molecule has 0 saturated heterocycles. The summed E-state index contributed by atoms with van der Waals surface area (Å²) >= 11 is 1.78. The number of thiophene rings is 1. The zero-order valence-electron chi connectivity index (χ0n) is 27.0. The van der Waals surface area contributed by atoms with E-state index in [1.165, 1.54) is 20.2 Å². The largest absolute Gasteiger partial charge is 0.455 e. The maximum absolute atomic E-state index is 6.89. The number of rotatable bonds is 4. The van der Waals surface area contributed by atoms with Crippen LogP contribution in [0.2, 0.25) is 0 Å². The van der Waals surface area contributed by atoms with Crippen LogP contribution in [0.4, 0.5) is 0 Å². The Morgan fingerprint density at radius 2 is 0.902 bits per heavy atom. The van der Waals surface area contributed by atoms with Crippen molar-refractivity contribution in [3.05, 3.63) is 152 Å². The molecule has 0 radical (unpaired) electrons.